The number of amides is 1. The maximum atomic E-state index is 13.0. The van der Waals surface area contributed by atoms with Crippen LogP contribution in [0.4, 0.5) is 4.39 Å². The van der Waals surface area contributed by atoms with Crippen molar-refractivity contribution in [1.29, 1.82) is 0 Å². The first-order valence-electron chi connectivity index (χ1n) is 9.93. The Hall–Kier alpha value is -2.21. The van der Waals surface area contributed by atoms with Crippen LogP contribution in [-0.2, 0) is 26.3 Å². The van der Waals surface area contributed by atoms with Gasteiger partial charge in [-0.3, -0.25) is 9.48 Å². The summed E-state index contributed by atoms with van der Waals surface area (Å²) in [6.45, 7) is 2.55. The Labute approximate surface area is 159 Å². The van der Waals surface area contributed by atoms with Crippen molar-refractivity contribution in [3.63, 3.8) is 0 Å². The molecule has 2 heterocycles. The predicted molar refractivity (Wildman–Crippen MR) is 102 cm³/mol. The molecule has 1 atom stereocenters. The summed E-state index contributed by atoms with van der Waals surface area (Å²) in [5.74, 6) is -0.102. The number of halogens is 1. The first-order chi connectivity index (χ1) is 13.1. The van der Waals surface area contributed by atoms with Crippen molar-refractivity contribution in [2.75, 3.05) is 19.6 Å². The van der Waals surface area contributed by atoms with Crippen LogP contribution in [0, 0.1) is 5.82 Å². The highest BCUT2D eigenvalue weighted by Crippen LogP contribution is 2.26. The molecule has 1 fully saturated rings. The van der Waals surface area contributed by atoms with E-state index < -0.39 is 0 Å². The van der Waals surface area contributed by atoms with Crippen LogP contribution in [-0.4, -0.2) is 46.3 Å². The molecular weight excluding hydrogens is 343 g/mol. The molecule has 5 nitrogen and oxygen atoms in total. The smallest absolute Gasteiger partial charge is 0.274 e. The Morgan fingerprint density at radius 3 is 2.74 bits per heavy atom. The molecule has 0 saturated carbocycles. The molecule has 1 amide bonds. The Bertz CT molecular complexity index is 808. The standard InChI is InChI=1S/C21H27FN4O/c1-25-19-9-8-17(23-11-10-15-4-6-16(22)7-5-15)14-18(19)20(24-25)21(27)26-12-2-3-13-26/h4-7,17,23H,2-3,8-14H2,1H3. The van der Waals surface area contributed by atoms with E-state index in [1.54, 1.807) is 0 Å². The van der Waals surface area contributed by atoms with Gasteiger partial charge in [0.05, 0.1) is 0 Å². The summed E-state index contributed by atoms with van der Waals surface area (Å²) in [7, 11) is 1.95. The summed E-state index contributed by atoms with van der Waals surface area (Å²) in [5.41, 5.74) is 4.11. The Morgan fingerprint density at radius 2 is 2.00 bits per heavy atom. The average Bonchev–Trinajstić information content (AvgIpc) is 3.31. The van der Waals surface area contributed by atoms with Gasteiger partial charge >= 0.3 is 0 Å². The lowest BCUT2D eigenvalue weighted by molar-refractivity contribution is 0.0785. The van der Waals surface area contributed by atoms with E-state index in [4.69, 9.17) is 0 Å². The monoisotopic (exact) mass is 370 g/mol. The maximum Gasteiger partial charge on any atom is 0.274 e. The molecule has 1 N–H and O–H groups in total. The molecule has 1 aromatic heterocycles. The number of hydrogen-bond donors (Lipinski definition) is 1. The van der Waals surface area contributed by atoms with Gasteiger partial charge in [-0.1, -0.05) is 12.1 Å². The van der Waals surface area contributed by atoms with Gasteiger partial charge in [0, 0.05) is 37.4 Å². The number of likely N-dealkylation sites (tertiary alicyclic amines) is 1. The number of aromatic nitrogens is 2. The fraction of sp³-hybridized carbons (Fsp3) is 0.524. The van der Waals surface area contributed by atoms with Crippen LogP contribution in [0.15, 0.2) is 24.3 Å². The van der Waals surface area contributed by atoms with Gasteiger partial charge < -0.3 is 10.2 Å². The van der Waals surface area contributed by atoms with E-state index in [0.717, 1.165) is 69.3 Å². The summed E-state index contributed by atoms with van der Waals surface area (Å²) < 4.78 is 14.9. The van der Waals surface area contributed by atoms with Crippen molar-refractivity contribution in [2.24, 2.45) is 7.05 Å². The van der Waals surface area contributed by atoms with Crippen LogP contribution in [0.2, 0.25) is 0 Å². The van der Waals surface area contributed by atoms with Gasteiger partial charge in [0.1, 0.15) is 5.82 Å². The van der Waals surface area contributed by atoms with Gasteiger partial charge in [0.15, 0.2) is 5.69 Å². The maximum absolute atomic E-state index is 13.0. The van der Waals surface area contributed by atoms with Crippen LogP contribution >= 0.6 is 0 Å². The molecular formula is C21H27FN4O. The molecule has 0 bridgehead atoms. The summed E-state index contributed by atoms with van der Waals surface area (Å²) in [6.07, 6.45) is 5.90. The summed E-state index contributed by atoms with van der Waals surface area (Å²) in [5, 5.41) is 8.18. The quantitative estimate of drug-likeness (QED) is 0.880. The van der Waals surface area contributed by atoms with Crippen molar-refractivity contribution in [1.82, 2.24) is 20.0 Å². The molecule has 0 radical (unpaired) electrons. The highest BCUT2D eigenvalue weighted by atomic mass is 19.1. The minimum atomic E-state index is -0.196. The number of hydrogen-bond acceptors (Lipinski definition) is 3. The van der Waals surface area contributed by atoms with Crippen molar-refractivity contribution >= 4 is 5.91 Å². The lowest BCUT2D eigenvalue weighted by Gasteiger charge is -2.25. The molecule has 4 rings (SSSR count). The van der Waals surface area contributed by atoms with E-state index >= 15 is 0 Å². The van der Waals surface area contributed by atoms with Crippen molar-refractivity contribution in [3.05, 3.63) is 52.6 Å². The first-order valence-corrected chi connectivity index (χ1v) is 9.93. The number of carbonyl (C=O) groups is 1. The molecule has 6 heteroatoms. The van der Waals surface area contributed by atoms with Gasteiger partial charge in [-0.2, -0.15) is 5.10 Å². The number of benzene rings is 1. The van der Waals surface area contributed by atoms with Crippen LogP contribution in [0.3, 0.4) is 0 Å². The van der Waals surface area contributed by atoms with Crippen LogP contribution in [0.1, 0.15) is 46.6 Å². The van der Waals surface area contributed by atoms with Gasteiger partial charge in [0.25, 0.3) is 5.91 Å². The SMILES string of the molecule is Cn1nc(C(=O)N2CCCC2)c2c1CCC(NCCc1ccc(F)cc1)C2. The number of aryl methyl sites for hydroxylation is 1. The van der Waals surface area contributed by atoms with Gasteiger partial charge in [-0.25, -0.2) is 4.39 Å². The number of nitrogens with zero attached hydrogens (tertiary/aromatic N) is 3. The fourth-order valence-corrected chi connectivity index (χ4v) is 4.28. The normalized spacial score (nSPS) is 19.3. The van der Waals surface area contributed by atoms with E-state index in [-0.39, 0.29) is 11.7 Å². The largest absolute Gasteiger partial charge is 0.337 e. The second-order valence-electron chi connectivity index (χ2n) is 7.67. The number of rotatable bonds is 5. The molecule has 1 unspecified atom stereocenters. The predicted octanol–water partition coefficient (Wildman–Crippen LogP) is 2.48. The van der Waals surface area contributed by atoms with Crippen LogP contribution in [0.5, 0.6) is 0 Å². The molecule has 1 aliphatic heterocycles. The molecule has 1 saturated heterocycles. The van der Waals surface area contributed by atoms with E-state index in [0.29, 0.717) is 11.7 Å². The number of fused-ring (bicyclic) bond motifs is 1. The van der Waals surface area contributed by atoms with E-state index in [9.17, 15) is 9.18 Å². The molecule has 27 heavy (non-hydrogen) atoms. The van der Waals surface area contributed by atoms with Crippen molar-refractivity contribution < 1.29 is 9.18 Å². The molecule has 2 aliphatic rings. The minimum Gasteiger partial charge on any atom is -0.337 e. The zero-order chi connectivity index (χ0) is 18.8. The molecule has 1 aromatic carbocycles. The van der Waals surface area contributed by atoms with Gasteiger partial charge in [-0.15, -0.1) is 0 Å². The molecule has 2 aromatic rings. The second-order valence-corrected chi connectivity index (χ2v) is 7.67. The lowest BCUT2D eigenvalue weighted by atomic mass is 9.91. The average molecular weight is 370 g/mol. The van der Waals surface area contributed by atoms with Crippen molar-refractivity contribution in [3.8, 4) is 0 Å². The summed E-state index contributed by atoms with van der Waals surface area (Å²) >= 11 is 0. The third-order valence-corrected chi connectivity index (χ3v) is 5.81. The topological polar surface area (TPSA) is 50.2 Å². The highest BCUT2D eigenvalue weighted by molar-refractivity contribution is 5.94. The number of carbonyl (C=O) groups excluding carboxylic acids is 1. The number of nitrogens with one attached hydrogen (secondary N) is 1. The second kappa shape index (κ2) is 7.80. The highest BCUT2D eigenvalue weighted by Gasteiger charge is 2.31. The van der Waals surface area contributed by atoms with E-state index in [1.807, 2.05) is 28.8 Å². The Balaban J connectivity index is 1.39. The molecule has 1 aliphatic carbocycles. The van der Waals surface area contributed by atoms with E-state index in [1.165, 1.54) is 17.8 Å². The Kier molecular flexibility index (Phi) is 5.25. The van der Waals surface area contributed by atoms with Gasteiger partial charge in [0.2, 0.25) is 0 Å². The zero-order valence-corrected chi connectivity index (χ0v) is 15.9. The van der Waals surface area contributed by atoms with Gasteiger partial charge in [-0.05, 0) is 62.8 Å². The third kappa shape index (κ3) is 3.90. The van der Waals surface area contributed by atoms with Crippen LogP contribution < -0.4 is 5.32 Å². The van der Waals surface area contributed by atoms with Crippen molar-refractivity contribution in [2.45, 2.75) is 44.6 Å². The molecule has 0 spiro atoms. The Morgan fingerprint density at radius 1 is 1.26 bits per heavy atom. The summed E-state index contributed by atoms with van der Waals surface area (Å²) in [6, 6.07) is 7.04. The zero-order valence-electron chi connectivity index (χ0n) is 15.9. The summed E-state index contributed by atoms with van der Waals surface area (Å²) in [4.78, 5) is 14.8. The molecule has 144 valence electrons. The minimum absolute atomic E-state index is 0.0938. The first kappa shape index (κ1) is 18.2. The lowest BCUT2D eigenvalue weighted by Crippen LogP contribution is -2.37. The van der Waals surface area contributed by atoms with Crippen LogP contribution in [0.25, 0.3) is 0 Å². The third-order valence-electron chi connectivity index (χ3n) is 5.81. The fourth-order valence-electron chi connectivity index (χ4n) is 4.28. The van der Waals surface area contributed by atoms with E-state index in [2.05, 4.69) is 10.4 Å².